The molecule has 18 heavy (non-hydrogen) atoms. The molecule has 9 nitrogen and oxygen atoms in total. The number of amides is 1. The summed E-state index contributed by atoms with van der Waals surface area (Å²) in [6.45, 7) is 0. The van der Waals surface area contributed by atoms with Gasteiger partial charge in [-0.15, -0.1) is 0 Å². The maximum Gasteiger partial charge on any atom is 0.326 e. The van der Waals surface area contributed by atoms with Gasteiger partial charge in [0, 0.05) is 12.4 Å². The average molecular weight is 255 g/mol. The second-order valence-electron chi connectivity index (χ2n) is 3.19. The van der Waals surface area contributed by atoms with E-state index in [2.05, 4.69) is 9.97 Å². The van der Waals surface area contributed by atoms with Gasteiger partial charge in [-0.25, -0.2) is 14.8 Å². The Labute approximate surface area is 100 Å². The van der Waals surface area contributed by atoms with E-state index in [1.165, 1.54) is 0 Å². The molecule has 1 atom stereocenters. The molecule has 0 bridgehead atoms. The lowest BCUT2D eigenvalue weighted by atomic mass is 10.2. The van der Waals surface area contributed by atoms with Crippen molar-refractivity contribution in [3.05, 3.63) is 18.1 Å². The number of aromatic hydroxyl groups is 1. The highest BCUT2D eigenvalue weighted by Gasteiger charge is 2.25. The van der Waals surface area contributed by atoms with Gasteiger partial charge in [0.2, 0.25) is 5.88 Å². The van der Waals surface area contributed by atoms with Gasteiger partial charge in [-0.05, 0) is 0 Å². The van der Waals surface area contributed by atoms with Crippen molar-refractivity contribution in [3.8, 4) is 5.88 Å². The van der Waals surface area contributed by atoms with Crippen LogP contribution in [0.2, 0.25) is 0 Å². The van der Waals surface area contributed by atoms with Crippen LogP contribution >= 0.6 is 0 Å². The Morgan fingerprint density at radius 3 is 2.33 bits per heavy atom. The summed E-state index contributed by atoms with van der Waals surface area (Å²) in [4.78, 5) is 39.5. The fourth-order valence-corrected chi connectivity index (χ4v) is 1.09. The summed E-state index contributed by atoms with van der Waals surface area (Å²) in [5, 5.41) is 28.3. The number of carboxylic acid groups (broad SMARTS) is 2. The van der Waals surface area contributed by atoms with E-state index in [1.807, 2.05) is 5.32 Å². The van der Waals surface area contributed by atoms with Gasteiger partial charge >= 0.3 is 11.9 Å². The highest BCUT2D eigenvalue weighted by Crippen LogP contribution is 2.08. The summed E-state index contributed by atoms with van der Waals surface area (Å²) in [6.07, 6.45) is 1.47. The molecule has 1 rings (SSSR count). The summed E-state index contributed by atoms with van der Waals surface area (Å²) < 4.78 is 0. The number of rotatable bonds is 5. The molecule has 0 saturated heterocycles. The molecule has 0 fully saturated rings. The van der Waals surface area contributed by atoms with Crippen molar-refractivity contribution in [3.63, 3.8) is 0 Å². The fraction of sp³-hybridized carbons (Fsp3) is 0.222. The minimum Gasteiger partial charge on any atom is -0.492 e. The lowest BCUT2D eigenvalue weighted by Gasteiger charge is -2.11. The van der Waals surface area contributed by atoms with Crippen molar-refractivity contribution in [1.29, 1.82) is 0 Å². The van der Waals surface area contributed by atoms with Crippen molar-refractivity contribution in [2.45, 2.75) is 12.5 Å². The molecule has 9 heteroatoms. The fourth-order valence-electron chi connectivity index (χ4n) is 1.09. The van der Waals surface area contributed by atoms with Crippen LogP contribution in [0.5, 0.6) is 5.88 Å². The van der Waals surface area contributed by atoms with Gasteiger partial charge in [0.1, 0.15) is 6.04 Å². The smallest absolute Gasteiger partial charge is 0.326 e. The molecule has 1 aromatic heterocycles. The zero-order valence-electron chi connectivity index (χ0n) is 8.90. The highest BCUT2D eigenvalue weighted by atomic mass is 16.4. The molecular weight excluding hydrogens is 246 g/mol. The molecule has 0 unspecified atom stereocenters. The molecule has 0 aliphatic carbocycles. The lowest BCUT2D eigenvalue weighted by molar-refractivity contribution is -0.145. The first-order valence-corrected chi connectivity index (χ1v) is 4.67. The van der Waals surface area contributed by atoms with E-state index in [1.54, 1.807) is 0 Å². The molecule has 0 aromatic carbocycles. The SMILES string of the molecule is O=C(O)C[C@H](NC(=O)c1nccnc1O)C(=O)O. The van der Waals surface area contributed by atoms with Gasteiger partial charge in [-0.2, -0.15) is 0 Å². The summed E-state index contributed by atoms with van der Waals surface area (Å²) in [5.74, 6) is -4.58. The Morgan fingerprint density at radius 2 is 1.83 bits per heavy atom. The Balaban J connectivity index is 2.82. The number of nitrogens with zero attached hydrogens (tertiary/aromatic N) is 2. The Hall–Kier alpha value is -2.71. The molecule has 1 heterocycles. The van der Waals surface area contributed by atoms with Crippen LogP contribution in [0, 0.1) is 0 Å². The van der Waals surface area contributed by atoms with E-state index in [4.69, 9.17) is 10.2 Å². The minimum absolute atomic E-state index is 0.478. The van der Waals surface area contributed by atoms with E-state index in [0.717, 1.165) is 12.4 Å². The molecule has 0 aliphatic rings. The van der Waals surface area contributed by atoms with Gasteiger partial charge < -0.3 is 20.6 Å². The zero-order valence-corrected chi connectivity index (χ0v) is 8.90. The van der Waals surface area contributed by atoms with E-state index in [9.17, 15) is 19.5 Å². The van der Waals surface area contributed by atoms with Crippen molar-refractivity contribution >= 4 is 17.8 Å². The summed E-state index contributed by atoms with van der Waals surface area (Å²) in [6, 6.07) is -1.61. The summed E-state index contributed by atoms with van der Waals surface area (Å²) in [5.41, 5.74) is -0.478. The van der Waals surface area contributed by atoms with Crippen LogP contribution in [0.1, 0.15) is 16.9 Å². The third-order valence-corrected chi connectivity index (χ3v) is 1.88. The molecular formula is C9H9N3O6. The van der Waals surface area contributed by atoms with Crippen molar-refractivity contribution in [1.82, 2.24) is 15.3 Å². The average Bonchev–Trinajstić information content (AvgIpc) is 2.27. The molecule has 0 aliphatic heterocycles. The van der Waals surface area contributed by atoms with Crippen molar-refractivity contribution in [2.24, 2.45) is 0 Å². The molecule has 0 spiro atoms. The van der Waals surface area contributed by atoms with E-state index in [-0.39, 0.29) is 0 Å². The Kier molecular flexibility index (Phi) is 4.13. The molecule has 1 amide bonds. The molecule has 0 radical (unpaired) electrons. The standard InChI is InChI=1S/C9H9N3O6/c13-5(14)3-4(9(17)18)12-8(16)6-7(15)11-2-1-10-6/h1-2,4H,3H2,(H,11,15)(H,12,16)(H,13,14)(H,17,18)/t4-/m0/s1. The van der Waals surface area contributed by atoms with Crippen LogP contribution in [0.4, 0.5) is 0 Å². The molecule has 0 saturated carbocycles. The zero-order chi connectivity index (χ0) is 13.7. The van der Waals surface area contributed by atoms with E-state index >= 15 is 0 Å². The van der Waals surface area contributed by atoms with Crippen LogP contribution in [0.25, 0.3) is 0 Å². The first kappa shape index (κ1) is 13.4. The van der Waals surface area contributed by atoms with Gasteiger partial charge in [-0.1, -0.05) is 0 Å². The number of hydrogen-bond acceptors (Lipinski definition) is 6. The van der Waals surface area contributed by atoms with Crippen LogP contribution in [0.3, 0.4) is 0 Å². The minimum atomic E-state index is -1.61. The number of carboxylic acids is 2. The third-order valence-electron chi connectivity index (χ3n) is 1.88. The van der Waals surface area contributed by atoms with Crippen LogP contribution in [0.15, 0.2) is 12.4 Å². The summed E-state index contributed by atoms with van der Waals surface area (Å²) in [7, 11) is 0. The number of aromatic nitrogens is 2. The maximum atomic E-state index is 11.5. The summed E-state index contributed by atoms with van der Waals surface area (Å²) >= 11 is 0. The molecule has 1 aromatic rings. The van der Waals surface area contributed by atoms with Crippen molar-refractivity contribution < 1.29 is 29.7 Å². The first-order valence-electron chi connectivity index (χ1n) is 4.67. The predicted octanol–water partition coefficient (Wildman–Crippen LogP) is -1.16. The number of carbonyl (C=O) groups excluding carboxylic acids is 1. The monoisotopic (exact) mass is 255 g/mol. The van der Waals surface area contributed by atoms with E-state index < -0.39 is 41.9 Å². The van der Waals surface area contributed by atoms with Crippen molar-refractivity contribution in [2.75, 3.05) is 0 Å². The predicted molar refractivity (Wildman–Crippen MR) is 54.8 cm³/mol. The third kappa shape index (κ3) is 3.40. The number of aliphatic carboxylic acids is 2. The van der Waals surface area contributed by atoms with Gasteiger partial charge in [0.15, 0.2) is 5.69 Å². The van der Waals surface area contributed by atoms with Crippen LogP contribution < -0.4 is 5.32 Å². The van der Waals surface area contributed by atoms with Crippen LogP contribution in [-0.4, -0.2) is 49.2 Å². The Morgan fingerprint density at radius 1 is 1.22 bits per heavy atom. The lowest BCUT2D eigenvalue weighted by Crippen LogP contribution is -2.42. The van der Waals surface area contributed by atoms with Gasteiger partial charge in [0.05, 0.1) is 6.42 Å². The topological polar surface area (TPSA) is 150 Å². The highest BCUT2D eigenvalue weighted by molar-refractivity contribution is 5.97. The number of nitrogens with one attached hydrogen (secondary N) is 1. The van der Waals surface area contributed by atoms with E-state index in [0.29, 0.717) is 0 Å². The second kappa shape index (κ2) is 5.57. The van der Waals surface area contributed by atoms with Gasteiger partial charge in [-0.3, -0.25) is 9.59 Å². The first-order chi connectivity index (χ1) is 8.41. The maximum absolute atomic E-state index is 11.5. The number of carbonyl (C=O) groups is 3. The molecule has 4 N–H and O–H groups in total. The normalized spacial score (nSPS) is 11.6. The largest absolute Gasteiger partial charge is 0.492 e. The second-order valence-corrected chi connectivity index (χ2v) is 3.19. The molecule has 96 valence electrons. The van der Waals surface area contributed by atoms with Crippen LogP contribution in [-0.2, 0) is 9.59 Å². The Bertz CT molecular complexity index is 489. The number of hydrogen-bond donors (Lipinski definition) is 4. The van der Waals surface area contributed by atoms with Gasteiger partial charge in [0.25, 0.3) is 5.91 Å². The quantitative estimate of drug-likeness (QED) is 0.514.